The number of hydrogen-bond acceptors (Lipinski definition) is 15. The van der Waals surface area contributed by atoms with E-state index in [1.54, 1.807) is 0 Å². The van der Waals surface area contributed by atoms with Gasteiger partial charge in [-0.05, 0) is 31.6 Å². The fourth-order valence-corrected chi connectivity index (χ4v) is 12.6. The summed E-state index contributed by atoms with van der Waals surface area (Å²) in [4.78, 5) is 72.5. The van der Waals surface area contributed by atoms with Crippen LogP contribution in [0.4, 0.5) is 0 Å². The lowest BCUT2D eigenvalue weighted by molar-refractivity contribution is -0.161. The number of aliphatic hydroxyl groups is 1. The van der Waals surface area contributed by atoms with Crippen LogP contribution in [-0.2, 0) is 65.4 Å². The Hall–Kier alpha value is -1.94. The Kier molecular flexibility index (Phi) is 64.0. The van der Waals surface area contributed by atoms with E-state index >= 15 is 0 Å². The van der Waals surface area contributed by atoms with Gasteiger partial charge in [0, 0.05) is 25.7 Å². The van der Waals surface area contributed by atoms with Crippen LogP contribution in [0.1, 0.15) is 375 Å². The van der Waals surface area contributed by atoms with Gasteiger partial charge in [0.15, 0.2) is 12.2 Å². The van der Waals surface area contributed by atoms with Crippen molar-refractivity contribution < 1.29 is 80.2 Å². The molecule has 0 radical (unpaired) electrons. The van der Waals surface area contributed by atoms with Crippen LogP contribution in [0.3, 0.4) is 0 Å². The van der Waals surface area contributed by atoms with Crippen LogP contribution in [0, 0.1) is 5.92 Å². The van der Waals surface area contributed by atoms with Crippen molar-refractivity contribution in [2.45, 2.75) is 393 Å². The first-order valence-electron chi connectivity index (χ1n) is 37.6. The molecule has 0 aromatic rings. The van der Waals surface area contributed by atoms with Crippen LogP contribution in [0.25, 0.3) is 0 Å². The Morgan fingerprint density at radius 2 is 0.505 bits per heavy atom. The van der Waals surface area contributed by atoms with E-state index in [4.69, 9.17) is 37.0 Å². The van der Waals surface area contributed by atoms with Crippen LogP contribution < -0.4 is 0 Å². The minimum absolute atomic E-state index is 0.107. The molecule has 3 N–H and O–H groups in total. The van der Waals surface area contributed by atoms with Gasteiger partial charge in [-0.3, -0.25) is 37.3 Å². The van der Waals surface area contributed by atoms with E-state index in [1.165, 1.54) is 186 Å². The molecule has 540 valence electrons. The minimum atomic E-state index is -4.95. The quantitative estimate of drug-likeness (QED) is 0.0222. The predicted octanol–water partition coefficient (Wildman–Crippen LogP) is 20.9. The molecule has 0 spiro atoms. The van der Waals surface area contributed by atoms with Crippen molar-refractivity contribution >= 4 is 39.5 Å². The van der Waals surface area contributed by atoms with Crippen LogP contribution in [-0.4, -0.2) is 96.7 Å². The third-order valence-electron chi connectivity index (χ3n) is 16.8. The number of esters is 4. The minimum Gasteiger partial charge on any atom is -0.462 e. The molecule has 91 heavy (non-hydrogen) atoms. The van der Waals surface area contributed by atoms with Gasteiger partial charge < -0.3 is 33.8 Å². The van der Waals surface area contributed by atoms with E-state index in [-0.39, 0.29) is 25.7 Å². The molecule has 0 aromatic heterocycles. The van der Waals surface area contributed by atoms with Crippen molar-refractivity contribution in [3.8, 4) is 0 Å². The monoisotopic (exact) mass is 1340 g/mol. The number of ether oxygens (including phenoxy) is 4. The van der Waals surface area contributed by atoms with Crippen LogP contribution in [0.2, 0.25) is 0 Å². The van der Waals surface area contributed by atoms with Gasteiger partial charge in [-0.1, -0.05) is 324 Å². The molecule has 19 heteroatoms. The number of phosphoric acid groups is 2. The zero-order chi connectivity index (χ0) is 67.0. The molecule has 0 aliphatic heterocycles. The van der Waals surface area contributed by atoms with Gasteiger partial charge in [-0.2, -0.15) is 0 Å². The number of carbonyl (C=O) groups is 4. The molecule has 0 saturated heterocycles. The molecular formula is C72H140O17P2. The lowest BCUT2D eigenvalue weighted by atomic mass is 10.0. The second-order valence-corrected chi connectivity index (χ2v) is 29.4. The normalized spacial score (nSPS) is 14.0. The summed E-state index contributed by atoms with van der Waals surface area (Å²) in [5.74, 6) is -1.34. The Balaban J connectivity index is 5.20. The van der Waals surface area contributed by atoms with Crippen LogP contribution in [0.15, 0.2) is 0 Å². The first-order chi connectivity index (χ1) is 44.0. The van der Waals surface area contributed by atoms with Crippen molar-refractivity contribution in [2.24, 2.45) is 5.92 Å². The highest BCUT2D eigenvalue weighted by molar-refractivity contribution is 7.47. The van der Waals surface area contributed by atoms with Crippen molar-refractivity contribution in [1.82, 2.24) is 0 Å². The highest BCUT2D eigenvalue weighted by Crippen LogP contribution is 2.45. The molecule has 0 aromatic carbocycles. The standard InChI is InChI=1S/C72H140O17P2/c1-6-9-12-15-18-20-22-24-25-26-28-34-38-43-48-53-58-72(77)89-68(62-83-70(75)56-51-46-41-36-32-30-29-31-35-40-44-49-54-65(4)5)64-87-91(80,81)85-60-66(73)59-84-90(78,79)86-63-67(61-82-69(74)55-50-45-39-17-14-11-8-3)88-71(76)57-52-47-42-37-33-27-23-21-19-16-13-10-7-2/h65-68,73H,6-64H2,1-5H3,(H,78,79)(H,80,81)/t66-,67+,68+/m0/s1. The molecule has 0 saturated carbocycles. The molecular weight excluding hydrogens is 1200 g/mol. The largest absolute Gasteiger partial charge is 0.472 e. The summed E-state index contributed by atoms with van der Waals surface area (Å²) in [5.41, 5.74) is 0. The molecule has 0 amide bonds. The number of unbranched alkanes of at least 4 members (excludes halogenated alkanes) is 44. The SMILES string of the molecule is CCCCCCCCCCCCCCCCCCC(=O)O[C@H](COC(=O)CCCCCCCCCCCCCCC(C)C)COP(=O)(O)OC[C@@H](O)COP(=O)(O)OC[C@@H](COC(=O)CCCCCCCCC)OC(=O)CCCCCCCCCCCCCCC. The van der Waals surface area contributed by atoms with Gasteiger partial charge in [0.1, 0.15) is 19.3 Å². The smallest absolute Gasteiger partial charge is 0.462 e. The molecule has 0 rings (SSSR count). The molecule has 0 fully saturated rings. The van der Waals surface area contributed by atoms with Crippen molar-refractivity contribution in [1.29, 1.82) is 0 Å². The first-order valence-corrected chi connectivity index (χ1v) is 40.6. The molecule has 0 bridgehead atoms. The van der Waals surface area contributed by atoms with Gasteiger partial charge in [-0.15, -0.1) is 0 Å². The molecule has 17 nitrogen and oxygen atoms in total. The Labute approximate surface area is 556 Å². The highest BCUT2D eigenvalue weighted by atomic mass is 31.2. The zero-order valence-corrected chi connectivity index (χ0v) is 60.8. The maximum atomic E-state index is 13.0. The lowest BCUT2D eigenvalue weighted by Crippen LogP contribution is -2.30. The highest BCUT2D eigenvalue weighted by Gasteiger charge is 2.30. The number of rotatable bonds is 72. The van der Waals surface area contributed by atoms with Gasteiger partial charge in [0.25, 0.3) is 0 Å². The van der Waals surface area contributed by atoms with Crippen molar-refractivity contribution in [2.75, 3.05) is 39.6 Å². The number of phosphoric ester groups is 2. The fraction of sp³-hybridized carbons (Fsp3) is 0.944. The predicted molar refractivity (Wildman–Crippen MR) is 368 cm³/mol. The number of carbonyl (C=O) groups excluding carboxylic acids is 4. The van der Waals surface area contributed by atoms with Crippen LogP contribution >= 0.6 is 15.6 Å². The molecule has 2 unspecified atom stereocenters. The Bertz CT molecular complexity index is 1750. The third-order valence-corrected chi connectivity index (χ3v) is 18.7. The van der Waals surface area contributed by atoms with E-state index in [1.807, 2.05) is 0 Å². The molecule has 0 heterocycles. The van der Waals surface area contributed by atoms with Gasteiger partial charge in [0.2, 0.25) is 0 Å². The Morgan fingerprint density at radius 1 is 0.297 bits per heavy atom. The summed E-state index contributed by atoms with van der Waals surface area (Å²) in [6, 6.07) is 0. The summed E-state index contributed by atoms with van der Waals surface area (Å²) in [6.07, 6.45) is 52.7. The van der Waals surface area contributed by atoms with E-state index < -0.39 is 97.5 Å². The van der Waals surface area contributed by atoms with E-state index in [9.17, 15) is 43.2 Å². The topological polar surface area (TPSA) is 237 Å². The zero-order valence-electron chi connectivity index (χ0n) is 59.0. The average molecular weight is 1340 g/mol. The summed E-state index contributed by atoms with van der Waals surface area (Å²) in [7, 11) is -9.90. The summed E-state index contributed by atoms with van der Waals surface area (Å²) in [5, 5.41) is 10.6. The Morgan fingerprint density at radius 3 is 0.747 bits per heavy atom. The maximum absolute atomic E-state index is 13.0. The molecule has 0 aliphatic carbocycles. The number of hydrogen-bond donors (Lipinski definition) is 3. The van der Waals surface area contributed by atoms with E-state index in [2.05, 4.69) is 34.6 Å². The maximum Gasteiger partial charge on any atom is 0.472 e. The third kappa shape index (κ3) is 66.5. The van der Waals surface area contributed by atoms with E-state index in [0.29, 0.717) is 25.7 Å². The van der Waals surface area contributed by atoms with Crippen molar-refractivity contribution in [3.63, 3.8) is 0 Å². The number of aliphatic hydroxyl groups excluding tert-OH is 1. The lowest BCUT2D eigenvalue weighted by Gasteiger charge is -2.21. The van der Waals surface area contributed by atoms with Gasteiger partial charge >= 0.3 is 39.5 Å². The van der Waals surface area contributed by atoms with Gasteiger partial charge in [0.05, 0.1) is 26.4 Å². The second kappa shape index (κ2) is 65.4. The van der Waals surface area contributed by atoms with Gasteiger partial charge in [-0.25, -0.2) is 9.13 Å². The first kappa shape index (κ1) is 89.1. The van der Waals surface area contributed by atoms with E-state index in [0.717, 1.165) is 109 Å². The fourth-order valence-electron chi connectivity index (χ4n) is 11.0. The van der Waals surface area contributed by atoms with Crippen LogP contribution in [0.5, 0.6) is 0 Å². The average Bonchev–Trinajstić information content (AvgIpc) is 2.14. The molecule has 0 aliphatic rings. The summed E-state index contributed by atoms with van der Waals surface area (Å²) in [6.45, 7) is 7.24. The second-order valence-electron chi connectivity index (χ2n) is 26.5. The summed E-state index contributed by atoms with van der Waals surface area (Å²) >= 11 is 0. The molecule has 5 atom stereocenters. The summed E-state index contributed by atoms with van der Waals surface area (Å²) < 4.78 is 68.3. The van der Waals surface area contributed by atoms with Crippen molar-refractivity contribution in [3.05, 3.63) is 0 Å².